The average molecular weight is 177 g/mol. The summed E-state index contributed by atoms with van der Waals surface area (Å²) in [5, 5.41) is 3.97. The standard InChI is InChI=1S/C9H11N3O/c1-7(2)11-12-9-4-3-8(6-13)5-10-9/h3-6H,1-2H3,(H,10,12). The van der Waals surface area contributed by atoms with Crippen LogP contribution in [0, 0.1) is 0 Å². The Morgan fingerprint density at radius 1 is 1.54 bits per heavy atom. The fraction of sp³-hybridized carbons (Fsp3) is 0.222. The molecule has 0 spiro atoms. The van der Waals surface area contributed by atoms with E-state index in [4.69, 9.17) is 0 Å². The van der Waals surface area contributed by atoms with Gasteiger partial charge in [0.05, 0.1) is 0 Å². The number of aromatic nitrogens is 1. The van der Waals surface area contributed by atoms with Gasteiger partial charge in [-0.3, -0.25) is 10.2 Å². The molecule has 0 aliphatic rings. The van der Waals surface area contributed by atoms with Crippen LogP contribution in [0.25, 0.3) is 0 Å². The Morgan fingerprint density at radius 2 is 2.31 bits per heavy atom. The molecule has 0 aliphatic carbocycles. The van der Waals surface area contributed by atoms with E-state index in [0.717, 1.165) is 12.0 Å². The lowest BCUT2D eigenvalue weighted by molar-refractivity contribution is 0.112. The number of rotatable bonds is 3. The van der Waals surface area contributed by atoms with Crippen molar-refractivity contribution in [2.75, 3.05) is 5.43 Å². The summed E-state index contributed by atoms with van der Waals surface area (Å²) >= 11 is 0. The number of aldehydes is 1. The fourth-order valence-electron chi connectivity index (χ4n) is 0.710. The van der Waals surface area contributed by atoms with Crippen molar-refractivity contribution in [1.82, 2.24) is 4.98 Å². The zero-order chi connectivity index (χ0) is 9.68. The Balaban J connectivity index is 2.69. The van der Waals surface area contributed by atoms with E-state index in [1.807, 2.05) is 13.8 Å². The number of hydrogen-bond donors (Lipinski definition) is 1. The number of nitrogens with zero attached hydrogens (tertiary/aromatic N) is 2. The minimum absolute atomic E-state index is 0.558. The topological polar surface area (TPSA) is 54.4 Å². The van der Waals surface area contributed by atoms with Crippen LogP contribution in [0.3, 0.4) is 0 Å². The smallest absolute Gasteiger partial charge is 0.151 e. The molecule has 4 heteroatoms. The van der Waals surface area contributed by atoms with Crippen LogP contribution in [0.4, 0.5) is 5.82 Å². The summed E-state index contributed by atoms with van der Waals surface area (Å²) < 4.78 is 0. The quantitative estimate of drug-likeness (QED) is 0.434. The summed E-state index contributed by atoms with van der Waals surface area (Å²) in [4.78, 5) is 14.3. The fourth-order valence-corrected chi connectivity index (χ4v) is 0.710. The van der Waals surface area contributed by atoms with Gasteiger partial charge in [-0.25, -0.2) is 4.98 Å². The van der Waals surface area contributed by atoms with E-state index in [0.29, 0.717) is 11.4 Å². The minimum Gasteiger partial charge on any atom is -0.298 e. The molecule has 0 aliphatic heterocycles. The van der Waals surface area contributed by atoms with Crippen molar-refractivity contribution in [3.05, 3.63) is 23.9 Å². The molecular formula is C9H11N3O. The van der Waals surface area contributed by atoms with Crippen molar-refractivity contribution in [3.63, 3.8) is 0 Å². The largest absolute Gasteiger partial charge is 0.298 e. The molecule has 0 saturated heterocycles. The molecule has 0 saturated carbocycles. The molecule has 1 heterocycles. The highest BCUT2D eigenvalue weighted by atomic mass is 16.1. The molecular weight excluding hydrogens is 166 g/mol. The number of hydrogen-bond acceptors (Lipinski definition) is 4. The van der Waals surface area contributed by atoms with Crippen molar-refractivity contribution in [3.8, 4) is 0 Å². The van der Waals surface area contributed by atoms with E-state index in [9.17, 15) is 4.79 Å². The molecule has 0 radical (unpaired) electrons. The Labute approximate surface area is 76.7 Å². The van der Waals surface area contributed by atoms with E-state index >= 15 is 0 Å². The van der Waals surface area contributed by atoms with Crippen molar-refractivity contribution in [2.45, 2.75) is 13.8 Å². The Bertz CT molecular complexity index is 312. The Hall–Kier alpha value is -1.71. The van der Waals surface area contributed by atoms with Crippen LogP contribution in [-0.2, 0) is 0 Å². The van der Waals surface area contributed by atoms with E-state index in [1.54, 1.807) is 12.1 Å². The summed E-state index contributed by atoms with van der Waals surface area (Å²) in [6.07, 6.45) is 2.25. The monoisotopic (exact) mass is 177 g/mol. The molecule has 0 atom stereocenters. The van der Waals surface area contributed by atoms with Crippen LogP contribution in [0.2, 0.25) is 0 Å². The van der Waals surface area contributed by atoms with E-state index in [-0.39, 0.29) is 0 Å². The predicted octanol–water partition coefficient (Wildman–Crippen LogP) is 1.70. The second-order valence-corrected chi connectivity index (χ2v) is 2.77. The van der Waals surface area contributed by atoms with Crippen molar-refractivity contribution < 1.29 is 4.79 Å². The maximum atomic E-state index is 10.3. The van der Waals surface area contributed by atoms with Gasteiger partial charge in [0.25, 0.3) is 0 Å². The third kappa shape index (κ3) is 3.02. The van der Waals surface area contributed by atoms with E-state index in [1.165, 1.54) is 6.20 Å². The lowest BCUT2D eigenvalue weighted by Gasteiger charge is -1.98. The molecule has 1 rings (SSSR count). The Kier molecular flexibility index (Phi) is 3.14. The van der Waals surface area contributed by atoms with Gasteiger partial charge in [-0.1, -0.05) is 0 Å². The van der Waals surface area contributed by atoms with Crippen molar-refractivity contribution >= 4 is 17.8 Å². The molecule has 1 aromatic rings. The molecule has 0 unspecified atom stereocenters. The number of hydrazone groups is 1. The molecule has 68 valence electrons. The summed E-state index contributed by atoms with van der Waals surface area (Å²) in [5.74, 6) is 0.631. The highest BCUT2D eigenvalue weighted by Crippen LogP contribution is 2.02. The van der Waals surface area contributed by atoms with Crippen LogP contribution in [0.5, 0.6) is 0 Å². The molecule has 0 bridgehead atoms. The van der Waals surface area contributed by atoms with E-state index in [2.05, 4.69) is 15.5 Å². The highest BCUT2D eigenvalue weighted by molar-refractivity contribution is 5.79. The van der Waals surface area contributed by atoms with Gasteiger partial charge in [0.15, 0.2) is 6.29 Å². The second-order valence-electron chi connectivity index (χ2n) is 2.77. The van der Waals surface area contributed by atoms with Gasteiger partial charge in [0.2, 0.25) is 0 Å². The first-order chi connectivity index (χ1) is 6.22. The number of pyridine rings is 1. The number of anilines is 1. The van der Waals surface area contributed by atoms with Crippen LogP contribution in [-0.4, -0.2) is 17.0 Å². The zero-order valence-corrected chi connectivity index (χ0v) is 7.61. The summed E-state index contributed by atoms with van der Waals surface area (Å²) in [6.45, 7) is 3.76. The summed E-state index contributed by atoms with van der Waals surface area (Å²) in [7, 11) is 0. The maximum absolute atomic E-state index is 10.3. The maximum Gasteiger partial charge on any atom is 0.151 e. The number of carbonyl (C=O) groups is 1. The van der Waals surface area contributed by atoms with Crippen LogP contribution in [0.1, 0.15) is 24.2 Å². The van der Waals surface area contributed by atoms with Gasteiger partial charge >= 0.3 is 0 Å². The third-order valence-electron chi connectivity index (χ3n) is 1.32. The second kappa shape index (κ2) is 4.35. The van der Waals surface area contributed by atoms with Crippen molar-refractivity contribution in [1.29, 1.82) is 0 Å². The van der Waals surface area contributed by atoms with Crippen LogP contribution < -0.4 is 5.43 Å². The van der Waals surface area contributed by atoms with Gasteiger partial charge in [-0.2, -0.15) is 5.10 Å². The lowest BCUT2D eigenvalue weighted by Crippen LogP contribution is -1.95. The molecule has 0 amide bonds. The first-order valence-electron chi connectivity index (χ1n) is 3.90. The third-order valence-corrected chi connectivity index (χ3v) is 1.32. The average Bonchev–Trinajstić information content (AvgIpc) is 2.15. The Morgan fingerprint density at radius 3 is 2.77 bits per heavy atom. The molecule has 0 aromatic carbocycles. The normalized spacial score (nSPS) is 9.08. The summed E-state index contributed by atoms with van der Waals surface area (Å²) in [6, 6.07) is 3.39. The van der Waals surface area contributed by atoms with Crippen molar-refractivity contribution in [2.24, 2.45) is 5.10 Å². The summed E-state index contributed by atoms with van der Waals surface area (Å²) in [5.41, 5.74) is 4.23. The van der Waals surface area contributed by atoms with Gasteiger partial charge in [-0.05, 0) is 26.0 Å². The SMILES string of the molecule is CC(C)=NNc1ccc(C=O)cn1. The zero-order valence-electron chi connectivity index (χ0n) is 7.61. The highest BCUT2D eigenvalue weighted by Gasteiger charge is 1.92. The lowest BCUT2D eigenvalue weighted by atomic mass is 10.3. The molecule has 4 nitrogen and oxygen atoms in total. The number of carbonyl (C=O) groups excluding carboxylic acids is 1. The van der Waals surface area contributed by atoms with Gasteiger partial charge in [-0.15, -0.1) is 0 Å². The van der Waals surface area contributed by atoms with E-state index < -0.39 is 0 Å². The van der Waals surface area contributed by atoms with Gasteiger partial charge < -0.3 is 0 Å². The molecule has 13 heavy (non-hydrogen) atoms. The minimum atomic E-state index is 0.558. The predicted molar refractivity (Wildman–Crippen MR) is 52.0 cm³/mol. The first kappa shape index (κ1) is 9.38. The number of nitrogens with one attached hydrogen (secondary N) is 1. The van der Waals surface area contributed by atoms with Crippen LogP contribution >= 0.6 is 0 Å². The molecule has 1 N–H and O–H groups in total. The molecule has 1 aromatic heterocycles. The van der Waals surface area contributed by atoms with Crippen LogP contribution in [0.15, 0.2) is 23.4 Å². The molecule has 0 fully saturated rings. The van der Waals surface area contributed by atoms with Gasteiger partial charge in [0, 0.05) is 17.5 Å². The first-order valence-corrected chi connectivity index (χ1v) is 3.90. The van der Waals surface area contributed by atoms with Gasteiger partial charge in [0.1, 0.15) is 5.82 Å².